The van der Waals surface area contributed by atoms with Gasteiger partial charge in [0, 0.05) is 0 Å². The third-order valence-corrected chi connectivity index (χ3v) is 10.2. The molecule has 4 nitrogen and oxygen atoms in total. The molecule has 0 radical (unpaired) electrons. The summed E-state index contributed by atoms with van der Waals surface area (Å²) in [4.78, 5) is 0. The van der Waals surface area contributed by atoms with Gasteiger partial charge in [-0.1, -0.05) is 163 Å². The molecule has 4 aromatic carbocycles. The van der Waals surface area contributed by atoms with Crippen LogP contribution in [0.5, 0.6) is 0 Å². The lowest BCUT2D eigenvalue weighted by atomic mass is 9.65. The van der Waals surface area contributed by atoms with Crippen LogP contribution in [0.2, 0.25) is 0 Å². The second kappa shape index (κ2) is 16.8. The Kier molecular flexibility index (Phi) is 12.6. The van der Waals surface area contributed by atoms with Gasteiger partial charge in [0.05, 0.1) is 5.41 Å². The van der Waals surface area contributed by atoms with Gasteiger partial charge in [-0.25, -0.2) is 0 Å². The van der Waals surface area contributed by atoms with E-state index in [4.69, 9.17) is 0 Å². The molecular formula is C41H52B2O4. The Morgan fingerprint density at radius 2 is 0.809 bits per heavy atom. The smallest absolute Gasteiger partial charge is 0.423 e. The molecule has 0 aliphatic heterocycles. The lowest BCUT2D eigenvalue weighted by Crippen LogP contribution is -2.35. The topological polar surface area (TPSA) is 80.9 Å². The van der Waals surface area contributed by atoms with Crippen molar-refractivity contribution in [3.63, 3.8) is 0 Å². The highest BCUT2D eigenvalue weighted by molar-refractivity contribution is 6.59. The number of aryl methyl sites for hydroxylation is 2. The molecule has 0 atom stereocenters. The van der Waals surface area contributed by atoms with E-state index >= 15 is 0 Å². The van der Waals surface area contributed by atoms with Gasteiger partial charge in [-0.2, -0.15) is 0 Å². The van der Waals surface area contributed by atoms with Gasteiger partial charge < -0.3 is 20.1 Å². The van der Waals surface area contributed by atoms with Crippen molar-refractivity contribution in [1.82, 2.24) is 0 Å². The zero-order chi connectivity index (χ0) is 33.2. The summed E-state index contributed by atoms with van der Waals surface area (Å²) in [5.41, 5.74) is 8.81. The molecule has 0 saturated carbocycles. The largest absolute Gasteiger partial charge is 0.488 e. The van der Waals surface area contributed by atoms with E-state index in [2.05, 4.69) is 62.4 Å². The molecule has 5 rings (SSSR count). The fourth-order valence-corrected chi connectivity index (χ4v) is 7.53. The van der Waals surface area contributed by atoms with Crippen molar-refractivity contribution >= 4 is 25.2 Å². The molecule has 6 heteroatoms. The van der Waals surface area contributed by atoms with Crippen molar-refractivity contribution in [1.29, 1.82) is 0 Å². The molecule has 246 valence electrons. The van der Waals surface area contributed by atoms with Gasteiger partial charge in [0.15, 0.2) is 0 Å². The SMILES string of the molecule is CCCCCCCCc1ccc(C2(c3ccc(CCCCCCCC)cc3)c3cc(B(O)O)ccc3-c3ccc(B(O)O)cc32)cc1. The Hall–Kier alpha value is -3.15. The maximum absolute atomic E-state index is 10.3. The van der Waals surface area contributed by atoms with Crippen LogP contribution in [0.3, 0.4) is 0 Å². The summed E-state index contributed by atoms with van der Waals surface area (Å²) < 4.78 is 0. The fourth-order valence-electron chi connectivity index (χ4n) is 7.53. The summed E-state index contributed by atoms with van der Waals surface area (Å²) in [7, 11) is -3.20. The Bertz CT molecular complexity index is 1440. The molecule has 1 aliphatic carbocycles. The van der Waals surface area contributed by atoms with Gasteiger partial charge >= 0.3 is 14.2 Å². The summed E-state index contributed by atoms with van der Waals surface area (Å²) >= 11 is 0. The maximum atomic E-state index is 10.3. The van der Waals surface area contributed by atoms with E-state index in [0.717, 1.165) is 46.2 Å². The molecule has 0 bridgehead atoms. The minimum atomic E-state index is -1.60. The number of hydrogen-bond donors (Lipinski definition) is 4. The Morgan fingerprint density at radius 3 is 1.17 bits per heavy atom. The first-order valence-corrected chi connectivity index (χ1v) is 18.1. The van der Waals surface area contributed by atoms with E-state index in [0.29, 0.717) is 10.9 Å². The first-order chi connectivity index (χ1) is 22.9. The van der Waals surface area contributed by atoms with Crippen LogP contribution in [0.1, 0.15) is 124 Å². The predicted molar refractivity (Wildman–Crippen MR) is 198 cm³/mol. The first-order valence-electron chi connectivity index (χ1n) is 18.1. The third-order valence-electron chi connectivity index (χ3n) is 10.2. The zero-order valence-corrected chi connectivity index (χ0v) is 28.4. The minimum absolute atomic E-state index is 0.433. The van der Waals surface area contributed by atoms with Crippen LogP contribution in [0, 0.1) is 0 Å². The second-order valence-electron chi connectivity index (χ2n) is 13.5. The Labute approximate surface area is 283 Å². The highest BCUT2D eigenvalue weighted by Crippen LogP contribution is 2.55. The normalized spacial score (nSPS) is 13.0. The van der Waals surface area contributed by atoms with Crippen molar-refractivity contribution in [2.45, 2.75) is 109 Å². The molecule has 0 heterocycles. The molecule has 0 saturated heterocycles. The van der Waals surface area contributed by atoms with E-state index in [-0.39, 0.29) is 0 Å². The standard InChI is InChI=1S/C41H52B2O4/c1-3-5-7-9-11-13-15-31-17-21-33(22-18-31)41(34-23-19-32(20-24-34)16-14-12-10-8-6-4-2)39-29-35(42(44)45)25-27-37(39)38-28-26-36(43(46)47)30-40(38)41/h17-30,44-47H,3-16H2,1-2H3. The summed E-state index contributed by atoms with van der Waals surface area (Å²) in [6.45, 7) is 4.50. The van der Waals surface area contributed by atoms with Crippen molar-refractivity contribution in [3.8, 4) is 11.1 Å². The highest BCUT2D eigenvalue weighted by atomic mass is 16.4. The van der Waals surface area contributed by atoms with E-state index < -0.39 is 19.7 Å². The summed E-state index contributed by atoms with van der Waals surface area (Å²) in [5, 5.41) is 41.1. The quantitative estimate of drug-likeness (QED) is 0.0610. The van der Waals surface area contributed by atoms with Gasteiger partial charge in [0.25, 0.3) is 0 Å². The number of fused-ring (bicyclic) bond motifs is 3. The molecule has 0 amide bonds. The van der Waals surface area contributed by atoms with Crippen LogP contribution in [0.15, 0.2) is 84.9 Å². The van der Waals surface area contributed by atoms with E-state index in [1.807, 2.05) is 24.3 Å². The van der Waals surface area contributed by atoms with Crippen LogP contribution in [-0.2, 0) is 18.3 Å². The van der Waals surface area contributed by atoms with Gasteiger partial charge in [0.1, 0.15) is 0 Å². The highest BCUT2D eigenvalue weighted by Gasteiger charge is 2.47. The Morgan fingerprint density at radius 1 is 0.447 bits per heavy atom. The number of unbranched alkanes of at least 4 members (excludes halogenated alkanes) is 10. The summed E-state index contributed by atoms with van der Waals surface area (Å²) in [6.07, 6.45) is 17.3. The molecule has 4 aromatic rings. The van der Waals surface area contributed by atoms with E-state index in [1.165, 1.54) is 88.2 Å². The minimum Gasteiger partial charge on any atom is -0.423 e. The maximum Gasteiger partial charge on any atom is 0.488 e. The third kappa shape index (κ3) is 7.95. The summed E-state index contributed by atoms with van der Waals surface area (Å²) in [6, 6.07) is 29.2. The van der Waals surface area contributed by atoms with Crippen molar-refractivity contribution < 1.29 is 20.1 Å². The number of benzene rings is 4. The number of rotatable bonds is 18. The van der Waals surface area contributed by atoms with Crippen molar-refractivity contribution in [2.75, 3.05) is 0 Å². The predicted octanol–water partition coefficient (Wildman–Crippen LogP) is 7.22. The monoisotopic (exact) mass is 630 g/mol. The molecular weight excluding hydrogens is 578 g/mol. The van der Waals surface area contributed by atoms with Crippen LogP contribution >= 0.6 is 0 Å². The van der Waals surface area contributed by atoms with Crippen LogP contribution in [0.25, 0.3) is 11.1 Å². The fraction of sp³-hybridized carbons (Fsp3) is 0.415. The molecule has 0 fully saturated rings. The van der Waals surface area contributed by atoms with Crippen LogP contribution in [0.4, 0.5) is 0 Å². The van der Waals surface area contributed by atoms with Crippen molar-refractivity contribution in [2.24, 2.45) is 0 Å². The van der Waals surface area contributed by atoms with Gasteiger partial charge in [-0.15, -0.1) is 0 Å². The number of hydrogen-bond acceptors (Lipinski definition) is 4. The van der Waals surface area contributed by atoms with Gasteiger partial charge in [0.2, 0.25) is 0 Å². The first kappa shape index (κ1) is 35.2. The lowest BCUT2D eigenvalue weighted by Gasteiger charge is -2.34. The van der Waals surface area contributed by atoms with E-state index in [9.17, 15) is 20.1 Å². The zero-order valence-electron chi connectivity index (χ0n) is 28.4. The average Bonchev–Trinajstić information content (AvgIpc) is 3.38. The molecule has 0 unspecified atom stereocenters. The molecule has 1 aliphatic rings. The lowest BCUT2D eigenvalue weighted by molar-refractivity contribution is 0.424. The second-order valence-corrected chi connectivity index (χ2v) is 13.5. The van der Waals surface area contributed by atoms with Crippen LogP contribution in [-0.4, -0.2) is 34.3 Å². The molecule has 0 spiro atoms. The van der Waals surface area contributed by atoms with Gasteiger partial charge in [-0.05, 0) is 81.1 Å². The molecule has 4 N–H and O–H groups in total. The molecule has 47 heavy (non-hydrogen) atoms. The van der Waals surface area contributed by atoms with E-state index in [1.54, 1.807) is 12.1 Å². The Balaban J connectivity index is 1.57. The summed E-state index contributed by atoms with van der Waals surface area (Å²) in [5.74, 6) is 0. The average molecular weight is 630 g/mol. The van der Waals surface area contributed by atoms with Crippen LogP contribution < -0.4 is 10.9 Å². The van der Waals surface area contributed by atoms with Gasteiger partial charge in [-0.3, -0.25) is 0 Å². The molecule has 0 aromatic heterocycles. The van der Waals surface area contributed by atoms with Crippen molar-refractivity contribution in [3.05, 3.63) is 118 Å².